The van der Waals surface area contributed by atoms with E-state index in [1.165, 1.54) is 0 Å². The smallest absolute Gasteiger partial charge is 0.137 e. The van der Waals surface area contributed by atoms with Gasteiger partial charge in [-0.1, -0.05) is 171 Å². The van der Waals surface area contributed by atoms with Gasteiger partial charge in [0.1, 0.15) is 11.2 Å². The number of rotatable bonds is 10. The highest BCUT2D eigenvalue weighted by atomic mass is 16.3. The molecule has 0 bridgehead atoms. The van der Waals surface area contributed by atoms with Crippen LogP contribution < -0.4 is 0 Å². The lowest BCUT2D eigenvalue weighted by Gasteiger charge is -2.45. The molecule has 3 atom stereocenters. The number of hydrogen-bond donors (Lipinski definition) is 2. The summed E-state index contributed by atoms with van der Waals surface area (Å²) in [5.74, 6) is 0.0465. The molecule has 0 saturated heterocycles. The van der Waals surface area contributed by atoms with Crippen LogP contribution in [0.2, 0.25) is 0 Å². The second kappa shape index (κ2) is 11.9. The van der Waals surface area contributed by atoms with Crippen molar-refractivity contribution in [2.75, 3.05) is 0 Å². The predicted octanol–water partition coefficient (Wildman–Crippen LogP) is 8.36. The fourth-order valence-electron chi connectivity index (χ4n) is 7.01. The quantitative estimate of drug-likeness (QED) is 0.208. The molecule has 0 spiro atoms. The summed E-state index contributed by atoms with van der Waals surface area (Å²) in [6.07, 6.45) is 15.8. The molecule has 0 amide bonds. The van der Waals surface area contributed by atoms with Crippen molar-refractivity contribution in [3.05, 3.63) is 192 Å². The van der Waals surface area contributed by atoms with E-state index in [0.717, 1.165) is 34.2 Å². The lowest BCUT2D eigenvalue weighted by molar-refractivity contribution is -0.0158. The van der Waals surface area contributed by atoms with Gasteiger partial charge >= 0.3 is 0 Å². The van der Waals surface area contributed by atoms with Crippen molar-refractivity contribution < 1.29 is 10.2 Å². The lowest BCUT2D eigenvalue weighted by Crippen LogP contribution is -2.44. The van der Waals surface area contributed by atoms with Crippen LogP contribution in [0.1, 0.15) is 35.6 Å². The van der Waals surface area contributed by atoms with Gasteiger partial charge in [-0.25, -0.2) is 0 Å². The number of aliphatic hydroxyl groups is 2. The first-order chi connectivity index (χ1) is 20.5. The molecule has 4 aromatic carbocycles. The Morgan fingerprint density at radius 3 is 1.45 bits per heavy atom. The Hall–Kier alpha value is -4.24. The molecule has 1 unspecified atom stereocenters. The van der Waals surface area contributed by atoms with Crippen LogP contribution >= 0.6 is 0 Å². The number of benzene rings is 4. The predicted molar refractivity (Wildman–Crippen MR) is 172 cm³/mol. The molecule has 42 heavy (non-hydrogen) atoms. The molecule has 4 aromatic rings. The van der Waals surface area contributed by atoms with E-state index in [4.69, 9.17) is 0 Å². The summed E-state index contributed by atoms with van der Waals surface area (Å²) >= 11 is 0. The van der Waals surface area contributed by atoms with Crippen molar-refractivity contribution in [1.29, 1.82) is 0 Å². The van der Waals surface area contributed by atoms with Gasteiger partial charge in [-0.3, -0.25) is 0 Å². The summed E-state index contributed by atoms with van der Waals surface area (Å²) < 4.78 is 0. The Kier molecular flexibility index (Phi) is 7.93. The van der Waals surface area contributed by atoms with Crippen LogP contribution in [-0.4, -0.2) is 10.2 Å². The molecular weight excluding hydrogens is 512 g/mol. The molecular formula is C40H38O2. The van der Waals surface area contributed by atoms with Gasteiger partial charge in [-0.2, -0.15) is 0 Å². The zero-order chi connectivity index (χ0) is 29.0. The van der Waals surface area contributed by atoms with Crippen molar-refractivity contribution >= 4 is 0 Å². The van der Waals surface area contributed by atoms with Crippen LogP contribution in [-0.2, 0) is 11.2 Å². The summed E-state index contributed by atoms with van der Waals surface area (Å²) in [5, 5.41) is 26.1. The van der Waals surface area contributed by atoms with Crippen molar-refractivity contribution in [1.82, 2.24) is 0 Å². The first-order valence-electron chi connectivity index (χ1n) is 14.9. The number of hydrogen-bond acceptors (Lipinski definition) is 2. The van der Waals surface area contributed by atoms with E-state index in [1.807, 2.05) is 121 Å². The Balaban J connectivity index is 1.54. The average Bonchev–Trinajstić information content (AvgIpc) is 3.78. The highest BCUT2D eigenvalue weighted by Gasteiger charge is 2.50. The summed E-state index contributed by atoms with van der Waals surface area (Å²) in [5.41, 5.74) is 1.52. The first kappa shape index (κ1) is 27.9. The van der Waals surface area contributed by atoms with Gasteiger partial charge in [-0.05, 0) is 46.1 Å². The molecule has 2 N–H and O–H groups in total. The third-order valence-corrected chi connectivity index (χ3v) is 9.21. The molecule has 2 aliphatic rings. The van der Waals surface area contributed by atoms with Crippen molar-refractivity contribution in [2.45, 2.75) is 24.5 Å². The van der Waals surface area contributed by atoms with Crippen LogP contribution in [0.3, 0.4) is 0 Å². The highest BCUT2D eigenvalue weighted by molar-refractivity contribution is 5.51. The molecule has 0 fully saturated rings. The van der Waals surface area contributed by atoms with Gasteiger partial charge in [0.05, 0.1) is 0 Å². The van der Waals surface area contributed by atoms with Gasteiger partial charge in [-0.15, -0.1) is 0 Å². The summed E-state index contributed by atoms with van der Waals surface area (Å²) in [6.45, 7) is 2.27. The van der Waals surface area contributed by atoms with Crippen LogP contribution in [0, 0.1) is 23.7 Å². The summed E-state index contributed by atoms with van der Waals surface area (Å²) in [4.78, 5) is 0. The Labute approximate surface area is 249 Å². The normalized spacial score (nSPS) is 18.3. The fraction of sp³-hybridized carbons (Fsp3) is 0.200. The van der Waals surface area contributed by atoms with Crippen molar-refractivity contribution in [3.8, 4) is 0 Å². The second-order valence-corrected chi connectivity index (χ2v) is 11.6. The highest BCUT2D eigenvalue weighted by Crippen LogP contribution is 2.52. The Morgan fingerprint density at radius 1 is 0.571 bits per heavy atom. The van der Waals surface area contributed by atoms with Crippen LogP contribution in [0.15, 0.2) is 169 Å². The van der Waals surface area contributed by atoms with Gasteiger partial charge in [0.25, 0.3) is 0 Å². The van der Waals surface area contributed by atoms with E-state index >= 15 is 0 Å². The third kappa shape index (κ3) is 5.02. The van der Waals surface area contributed by atoms with Crippen LogP contribution in [0.25, 0.3) is 0 Å². The van der Waals surface area contributed by atoms with E-state index in [2.05, 4.69) is 49.5 Å². The molecule has 0 aromatic heterocycles. The second-order valence-electron chi connectivity index (χ2n) is 11.6. The van der Waals surface area contributed by atoms with E-state index in [9.17, 15) is 10.2 Å². The van der Waals surface area contributed by atoms with E-state index < -0.39 is 11.2 Å². The molecule has 2 nitrogen and oxygen atoms in total. The molecule has 210 valence electrons. The minimum absolute atomic E-state index is 0.238. The largest absolute Gasteiger partial charge is 0.380 e. The molecule has 6 rings (SSSR count). The lowest BCUT2D eigenvalue weighted by atomic mass is 9.62. The third-order valence-electron chi connectivity index (χ3n) is 9.21. The number of allylic oxidation sites excluding steroid dienone is 7. The van der Waals surface area contributed by atoms with Crippen LogP contribution in [0.5, 0.6) is 0 Å². The average molecular weight is 551 g/mol. The molecule has 2 aliphatic carbocycles. The van der Waals surface area contributed by atoms with Crippen molar-refractivity contribution in [2.24, 2.45) is 23.7 Å². The summed E-state index contributed by atoms with van der Waals surface area (Å²) in [7, 11) is 0. The first-order valence-corrected chi connectivity index (χ1v) is 14.9. The SMILES string of the molecule is C[C@@H](C[C@H](C1C=CC=C1C(O)(c1ccccc1)c1ccccc1)C(O)(c1ccccc1)c1ccccc1)C1C=CC=C1. The van der Waals surface area contributed by atoms with E-state index in [1.54, 1.807) is 0 Å². The van der Waals surface area contributed by atoms with Gasteiger partial charge in [0.15, 0.2) is 0 Å². The maximum Gasteiger partial charge on any atom is 0.137 e. The standard InChI is InChI=1S/C40H38O2/c1-30(31-17-14-15-18-31)29-38(40(42,34-23-10-4-11-24-34)35-25-12-5-13-26-35)36-27-16-28-37(36)39(41,32-19-6-2-7-20-32)33-21-8-3-9-22-33/h2-28,30-31,36,38,41-42H,29H2,1H3/t30-,36?,38+/m0/s1. The summed E-state index contributed by atoms with van der Waals surface area (Å²) in [6, 6.07) is 39.9. The Morgan fingerprint density at radius 2 is 1.00 bits per heavy atom. The van der Waals surface area contributed by atoms with Crippen LogP contribution in [0.4, 0.5) is 0 Å². The fourth-order valence-corrected chi connectivity index (χ4v) is 7.01. The van der Waals surface area contributed by atoms with Gasteiger partial charge in [0.2, 0.25) is 0 Å². The molecule has 0 aliphatic heterocycles. The topological polar surface area (TPSA) is 40.5 Å². The monoisotopic (exact) mass is 550 g/mol. The van der Waals surface area contributed by atoms with E-state index in [0.29, 0.717) is 5.92 Å². The zero-order valence-electron chi connectivity index (χ0n) is 24.0. The van der Waals surface area contributed by atoms with Crippen molar-refractivity contribution in [3.63, 3.8) is 0 Å². The van der Waals surface area contributed by atoms with Gasteiger partial charge in [0, 0.05) is 11.8 Å². The van der Waals surface area contributed by atoms with Gasteiger partial charge < -0.3 is 10.2 Å². The molecule has 0 saturated carbocycles. The molecule has 0 radical (unpaired) electrons. The van der Waals surface area contributed by atoms with E-state index in [-0.39, 0.29) is 17.8 Å². The maximum absolute atomic E-state index is 13.2. The Bertz CT molecular complexity index is 1490. The molecule has 0 heterocycles. The maximum atomic E-state index is 13.2. The molecule has 2 heteroatoms. The zero-order valence-corrected chi connectivity index (χ0v) is 24.0. The minimum Gasteiger partial charge on any atom is -0.380 e. The minimum atomic E-state index is -1.38.